The summed E-state index contributed by atoms with van der Waals surface area (Å²) >= 11 is 7.38. The zero-order valence-corrected chi connectivity index (χ0v) is 14.8. The molecule has 3 nitrogen and oxygen atoms in total. The third-order valence-electron chi connectivity index (χ3n) is 3.20. The van der Waals surface area contributed by atoms with Crippen molar-refractivity contribution in [2.75, 3.05) is 6.61 Å². The van der Waals surface area contributed by atoms with Gasteiger partial charge in [0, 0.05) is 16.5 Å². The van der Waals surface area contributed by atoms with E-state index in [4.69, 9.17) is 16.3 Å². The van der Waals surface area contributed by atoms with Gasteiger partial charge in [0.15, 0.2) is 0 Å². The van der Waals surface area contributed by atoms with E-state index in [2.05, 4.69) is 5.32 Å². The number of carbonyl (C=O) groups excluding carboxylic acids is 1. The van der Waals surface area contributed by atoms with Gasteiger partial charge in [0.25, 0.3) is 0 Å². The highest BCUT2D eigenvalue weighted by atomic mass is 35.5. The normalized spacial score (nSPS) is 11.8. The van der Waals surface area contributed by atoms with Crippen molar-refractivity contribution in [3.05, 3.63) is 59.1 Å². The molecule has 0 heterocycles. The fourth-order valence-corrected chi connectivity index (χ4v) is 2.99. The van der Waals surface area contributed by atoms with E-state index in [1.165, 1.54) is 11.8 Å². The molecule has 0 aliphatic carbocycles. The van der Waals surface area contributed by atoms with E-state index in [0.29, 0.717) is 18.2 Å². The second-order valence-electron chi connectivity index (χ2n) is 5.01. The van der Waals surface area contributed by atoms with E-state index in [9.17, 15) is 4.79 Å². The van der Waals surface area contributed by atoms with Crippen molar-refractivity contribution >= 4 is 29.3 Å². The van der Waals surface area contributed by atoms with Gasteiger partial charge < -0.3 is 10.1 Å². The molecule has 5 heteroatoms. The highest BCUT2D eigenvalue weighted by Crippen LogP contribution is 2.24. The van der Waals surface area contributed by atoms with Crippen molar-refractivity contribution in [1.29, 1.82) is 0 Å². The Morgan fingerprint density at radius 2 is 1.83 bits per heavy atom. The summed E-state index contributed by atoms with van der Waals surface area (Å²) in [5.74, 6) is 0.855. The maximum atomic E-state index is 12.2. The molecule has 0 saturated carbocycles. The number of amides is 1. The lowest BCUT2D eigenvalue weighted by Crippen LogP contribution is -2.30. The summed E-state index contributed by atoms with van der Waals surface area (Å²) < 4.78 is 5.40. The van der Waals surface area contributed by atoms with Crippen LogP contribution in [-0.4, -0.2) is 17.8 Å². The van der Waals surface area contributed by atoms with Gasteiger partial charge in [0.1, 0.15) is 5.75 Å². The quantitative estimate of drug-likeness (QED) is 0.746. The molecule has 0 fully saturated rings. The van der Waals surface area contributed by atoms with Crippen LogP contribution in [0.2, 0.25) is 5.02 Å². The first-order valence-electron chi connectivity index (χ1n) is 7.50. The molecule has 0 aromatic heterocycles. The first-order chi connectivity index (χ1) is 11.1. The van der Waals surface area contributed by atoms with Gasteiger partial charge in [-0.3, -0.25) is 4.79 Å². The first kappa shape index (κ1) is 17.7. The molecule has 1 amide bonds. The highest BCUT2D eigenvalue weighted by molar-refractivity contribution is 8.00. The van der Waals surface area contributed by atoms with Gasteiger partial charge in [-0.15, -0.1) is 11.8 Å². The molecule has 23 heavy (non-hydrogen) atoms. The summed E-state index contributed by atoms with van der Waals surface area (Å²) in [4.78, 5) is 13.2. The van der Waals surface area contributed by atoms with E-state index in [-0.39, 0.29) is 11.2 Å². The summed E-state index contributed by atoms with van der Waals surface area (Å²) in [7, 11) is 0. The monoisotopic (exact) mass is 349 g/mol. The van der Waals surface area contributed by atoms with Crippen LogP contribution in [0.5, 0.6) is 5.75 Å². The third-order valence-corrected chi connectivity index (χ3v) is 4.56. The molecular weight excluding hydrogens is 330 g/mol. The first-order valence-corrected chi connectivity index (χ1v) is 8.76. The van der Waals surface area contributed by atoms with Crippen LogP contribution in [0, 0.1) is 0 Å². The second kappa shape index (κ2) is 8.85. The summed E-state index contributed by atoms with van der Waals surface area (Å²) in [5, 5.41) is 3.48. The summed E-state index contributed by atoms with van der Waals surface area (Å²) in [6, 6.07) is 15.2. The summed E-state index contributed by atoms with van der Waals surface area (Å²) in [5.41, 5.74) is 1.05. The largest absolute Gasteiger partial charge is 0.494 e. The Bertz CT molecular complexity index is 628. The van der Waals surface area contributed by atoms with Gasteiger partial charge in [-0.25, -0.2) is 0 Å². The zero-order chi connectivity index (χ0) is 16.7. The molecule has 2 aromatic rings. The molecule has 0 aliphatic heterocycles. The third kappa shape index (κ3) is 5.81. The minimum Gasteiger partial charge on any atom is -0.494 e. The number of rotatable bonds is 7. The lowest BCUT2D eigenvalue weighted by atomic mass is 10.2. The van der Waals surface area contributed by atoms with Crippen molar-refractivity contribution in [2.45, 2.75) is 30.5 Å². The van der Waals surface area contributed by atoms with Gasteiger partial charge in [-0.1, -0.05) is 23.7 Å². The lowest BCUT2D eigenvalue weighted by molar-refractivity contribution is -0.120. The Kier molecular flexibility index (Phi) is 6.81. The maximum Gasteiger partial charge on any atom is 0.233 e. The van der Waals surface area contributed by atoms with Crippen LogP contribution < -0.4 is 10.1 Å². The fourth-order valence-electron chi connectivity index (χ4n) is 1.97. The van der Waals surface area contributed by atoms with Gasteiger partial charge in [0.05, 0.1) is 11.9 Å². The van der Waals surface area contributed by atoms with E-state index in [1.54, 1.807) is 0 Å². The fraction of sp³-hybridized carbons (Fsp3) is 0.278. The van der Waals surface area contributed by atoms with Gasteiger partial charge >= 0.3 is 0 Å². The van der Waals surface area contributed by atoms with Crippen molar-refractivity contribution in [3.63, 3.8) is 0 Å². The van der Waals surface area contributed by atoms with Crippen LogP contribution in [0.1, 0.15) is 19.4 Å². The number of hydrogen-bond acceptors (Lipinski definition) is 3. The zero-order valence-electron chi connectivity index (χ0n) is 13.2. The Morgan fingerprint density at radius 3 is 2.43 bits per heavy atom. The number of carbonyl (C=O) groups is 1. The molecule has 0 spiro atoms. The number of hydrogen-bond donors (Lipinski definition) is 1. The molecular formula is C18H20ClNO2S. The van der Waals surface area contributed by atoms with Crippen molar-refractivity contribution in [2.24, 2.45) is 0 Å². The van der Waals surface area contributed by atoms with Gasteiger partial charge in [0.2, 0.25) is 5.91 Å². The molecule has 0 aliphatic rings. The Labute approximate surface area is 146 Å². The van der Waals surface area contributed by atoms with Crippen LogP contribution in [0.25, 0.3) is 0 Å². The molecule has 122 valence electrons. The smallest absolute Gasteiger partial charge is 0.233 e. The predicted molar refractivity (Wildman–Crippen MR) is 96.2 cm³/mol. The molecule has 0 radical (unpaired) electrons. The molecule has 2 rings (SSSR count). The van der Waals surface area contributed by atoms with Crippen LogP contribution >= 0.6 is 23.4 Å². The number of ether oxygens (including phenoxy) is 1. The van der Waals surface area contributed by atoms with Crippen LogP contribution in [0.3, 0.4) is 0 Å². The molecule has 0 bridgehead atoms. The highest BCUT2D eigenvalue weighted by Gasteiger charge is 2.13. The number of thioether (sulfide) groups is 1. The van der Waals surface area contributed by atoms with Crippen molar-refractivity contribution < 1.29 is 9.53 Å². The van der Waals surface area contributed by atoms with E-state index >= 15 is 0 Å². The van der Waals surface area contributed by atoms with Crippen LogP contribution in [0.15, 0.2) is 53.4 Å². The van der Waals surface area contributed by atoms with E-state index in [0.717, 1.165) is 16.2 Å². The van der Waals surface area contributed by atoms with Crippen LogP contribution in [-0.2, 0) is 11.3 Å². The van der Waals surface area contributed by atoms with Gasteiger partial charge in [-0.2, -0.15) is 0 Å². The van der Waals surface area contributed by atoms with E-state index < -0.39 is 0 Å². The number of benzene rings is 2. The summed E-state index contributed by atoms with van der Waals surface area (Å²) in [6.07, 6.45) is 0. The second-order valence-corrected chi connectivity index (χ2v) is 6.86. The molecule has 1 N–H and O–H groups in total. The maximum absolute atomic E-state index is 12.2. The van der Waals surface area contributed by atoms with E-state index in [1.807, 2.05) is 62.4 Å². The molecule has 2 aromatic carbocycles. The lowest BCUT2D eigenvalue weighted by Gasteiger charge is -2.12. The average molecular weight is 350 g/mol. The minimum atomic E-state index is -0.168. The number of nitrogens with one attached hydrogen (secondary N) is 1. The van der Waals surface area contributed by atoms with Crippen LogP contribution in [0.4, 0.5) is 0 Å². The molecule has 0 unspecified atom stereocenters. The van der Waals surface area contributed by atoms with Gasteiger partial charge in [-0.05, 0) is 55.8 Å². The number of halogens is 1. The average Bonchev–Trinajstić information content (AvgIpc) is 2.56. The molecule has 1 atom stereocenters. The van der Waals surface area contributed by atoms with Crippen molar-refractivity contribution in [3.8, 4) is 5.75 Å². The standard InChI is InChI=1S/C18H20ClNO2S/c1-3-22-16-8-4-14(5-9-16)12-20-18(21)13(2)23-17-10-6-15(19)7-11-17/h4-11,13H,3,12H2,1-2H3,(H,20,21)/t13-/m1/s1. The molecule has 0 saturated heterocycles. The predicted octanol–water partition coefficient (Wildman–Crippen LogP) is 4.54. The Balaban J connectivity index is 1.82. The Hall–Kier alpha value is -1.65. The van der Waals surface area contributed by atoms with Crippen molar-refractivity contribution in [1.82, 2.24) is 5.32 Å². The SMILES string of the molecule is CCOc1ccc(CNC(=O)[C@@H](C)Sc2ccc(Cl)cc2)cc1. The summed E-state index contributed by atoms with van der Waals surface area (Å²) in [6.45, 7) is 5.01. The Morgan fingerprint density at radius 1 is 1.17 bits per heavy atom. The topological polar surface area (TPSA) is 38.3 Å². The minimum absolute atomic E-state index is 0.0128.